The molecule has 0 amide bonds. The highest BCUT2D eigenvalue weighted by Crippen LogP contribution is 2.45. The van der Waals surface area contributed by atoms with Crippen LogP contribution in [-0.4, -0.2) is 12.3 Å². The van der Waals surface area contributed by atoms with Gasteiger partial charge in [0.2, 0.25) is 0 Å². The molecule has 3 aromatic rings. The van der Waals surface area contributed by atoms with Crippen LogP contribution >= 0.6 is 11.3 Å². The van der Waals surface area contributed by atoms with Crippen LogP contribution < -0.4 is 4.74 Å². The van der Waals surface area contributed by atoms with Crippen LogP contribution in [0.3, 0.4) is 0 Å². The topological polar surface area (TPSA) is 46.3 Å². The van der Waals surface area contributed by atoms with E-state index in [4.69, 9.17) is 4.74 Å². The van der Waals surface area contributed by atoms with Crippen LogP contribution in [0, 0.1) is 11.8 Å². The fraction of sp³-hybridized carbons (Fsp3) is 0.320. The van der Waals surface area contributed by atoms with Gasteiger partial charge in [0, 0.05) is 11.1 Å². The standard InChI is InChI=1S/C25H23N3OS/c1-2-3-20(13-21-14-26-28-27-21)18-7-9-22(10-8-18)29-15-17-4-11-25-23(12-17)24(16-30-25)19-5-6-19/h4,7-12,16,19-20H,5-6,13-15H2,1H3/t20-/m0/s1. The van der Waals surface area contributed by atoms with Gasteiger partial charge in [-0.2, -0.15) is 5.11 Å². The van der Waals surface area contributed by atoms with E-state index in [-0.39, 0.29) is 5.92 Å². The third-order valence-corrected chi connectivity index (χ3v) is 6.62. The lowest BCUT2D eigenvalue weighted by molar-refractivity contribution is 0.306. The molecule has 4 nitrogen and oxygen atoms in total. The van der Waals surface area contributed by atoms with Crippen molar-refractivity contribution in [3.63, 3.8) is 0 Å². The largest absolute Gasteiger partial charge is 0.489 e. The molecule has 0 bridgehead atoms. The average molecular weight is 414 g/mol. The first-order chi connectivity index (χ1) is 14.8. The van der Waals surface area contributed by atoms with E-state index in [9.17, 15) is 0 Å². The summed E-state index contributed by atoms with van der Waals surface area (Å²) < 4.78 is 7.45. The monoisotopic (exact) mass is 413 g/mol. The van der Waals surface area contributed by atoms with Gasteiger partial charge in [-0.3, -0.25) is 0 Å². The first-order valence-corrected chi connectivity index (χ1v) is 11.3. The number of nitrogens with zero attached hydrogens (tertiary/aromatic N) is 3. The van der Waals surface area contributed by atoms with Crippen molar-refractivity contribution in [2.45, 2.75) is 44.6 Å². The van der Waals surface area contributed by atoms with Crippen molar-refractivity contribution in [3.05, 3.63) is 64.5 Å². The summed E-state index contributed by atoms with van der Waals surface area (Å²) in [5.41, 5.74) is 4.89. The van der Waals surface area contributed by atoms with Crippen LogP contribution in [0.1, 0.15) is 54.7 Å². The minimum Gasteiger partial charge on any atom is -0.489 e. The maximum absolute atomic E-state index is 6.08. The highest BCUT2D eigenvalue weighted by molar-refractivity contribution is 7.17. The molecule has 30 heavy (non-hydrogen) atoms. The molecule has 0 unspecified atom stereocenters. The maximum Gasteiger partial charge on any atom is 0.119 e. The molecular formula is C25H23N3OS. The Hall–Kier alpha value is -2.97. The minimum atomic E-state index is 0.105. The Morgan fingerprint density at radius 3 is 2.77 bits per heavy atom. The summed E-state index contributed by atoms with van der Waals surface area (Å²) in [5, 5.41) is 15.5. The van der Waals surface area contributed by atoms with Gasteiger partial charge in [0.05, 0.1) is 11.6 Å². The number of ether oxygens (including phenoxy) is 1. The van der Waals surface area contributed by atoms with Crippen LogP contribution in [0.4, 0.5) is 0 Å². The molecule has 0 radical (unpaired) electrons. The minimum absolute atomic E-state index is 0.105. The summed E-state index contributed by atoms with van der Waals surface area (Å²) in [6.07, 6.45) is 3.43. The summed E-state index contributed by atoms with van der Waals surface area (Å²) in [4.78, 5) is 0. The quantitative estimate of drug-likeness (QED) is 0.399. The number of thiophene rings is 1. The molecule has 5 heteroatoms. The number of rotatable bonds is 7. The van der Waals surface area contributed by atoms with Crippen molar-refractivity contribution in [2.75, 3.05) is 6.54 Å². The van der Waals surface area contributed by atoms with Crippen molar-refractivity contribution in [1.82, 2.24) is 0 Å². The fourth-order valence-corrected chi connectivity index (χ4v) is 4.89. The SMILES string of the molecule is CC#C[C@@H](CC1=NN=NC1)c1ccc(OCc2ccc3scc(C4CC4)c3c2)cc1. The Bertz CT molecular complexity index is 1180. The zero-order valence-corrected chi connectivity index (χ0v) is 17.8. The first-order valence-electron chi connectivity index (χ1n) is 10.4. The van der Waals surface area contributed by atoms with Crippen LogP contribution in [0.2, 0.25) is 0 Å². The van der Waals surface area contributed by atoms with E-state index >= 15 is 0 Å². The molecule has 2 heterocycles. The summed E-state index contributed by atoms with van der Waals surface area (Å²) in [6, 6.07) is 15.0. The molecule has 2 aliphatic rings. The molecule has 1 aliphatic heterocycles. The first kappa shape index (κ1) is 19.0. The van der Waals surface area contributed by atoms with E-state index in [0.717, 1.165) is 23.8 Å². The van der Waals surface area contributed by atoms with Crippen LogP contribution in [-0.2, 0) is 6.61 Å². The second kappa shape index (κ2) is 8.41. The third-order valence-electron chi connectivity index (χ3n) is 5.63. The third kappa shape index (κ3) is 4.15. The molecule has 2 aromatic carbocycles. The molecule has 0 N–H and O–H groups in total. The van der Waals surface area contributed by atoms with Gasteiger partial charge in [0.15, 0.2) is 0 Å². The second-order valence-electron chi connectivity index (χ2n) is 7.86. The molecule has 0 saturated heterocycles. The van der Waals surface area contributed by atoms with Crippen LogP contribution in [0.5, 0.6) is 5.75 Å². The smallest absolute Gasteiger partial charge is 0.119 e. The zero-order valence-electron chi connectivity index (χ0n) is 17.0. The highest BCUT2D eigenvalue weighted by atomic mass is 32.1. The summed E-state index contributed by atoms with van der Waals surface area (Å²) in [7, 11) is 0. The number of hydrogen-bond acceptors (Lipinski definition) is 5. The summed E-state index contributed by atoms with van der Waals surface area (Å²) in [5.74, 6) is 8.07. The van der Waals surface area contributed by atoms with Crippen LogP contribution in [0.25, 0.3) is 10.1 Å². The molecular weight excluding hydrogens is 390 g/mol. The maximum atomic E-state index is 6.08. The molecule has 1 aliphatic carbocycles. The van der Waals surface area contributed by atoms with E-state index in [0.29, 0.717) is 13.2 Å². The number of hydrogen-bond donors (Lipinski definition) is 0. The summed E-state index contributed by atoms with van der Waals surface area (Å²) in [6.45, 7) is 3.03. The predicted molar refractivity (Wildman–Crippen MR) is 123 cm³/mol. The van der Waals surface area contributed by atoms with Gasteiger partial charge >= 0.3 is 0 Å². The Kier molecular flexibility index (Phi) is 5.33. The normalized spacial score (nSPS) is 16.2. The second-order valence-corrected chi connectivity index (χ2v) is 8.77. The lowest BCUT2D eigenvalue weighted by Gasteiger charge is -2.12. The van der Waals surface area contributed by atoms with Crippen molar-refractivity contribution in [3.8, 4) is 17.6 Å². The van der Waals surface area contributed by atoms with E-state index in [1.807, 2.05) is 30.4 Å². The molecule has 0 spiro atoms. The van der Waals surface area contributed by atoms with E-state index in [2.05, 4.69) is 63.0 Å². The van der Waals surface area contributed by atoms with Gasteiger partial charge in [-0.15, -0.1) is 22.4 Å². The van der Waals surface area contributed by atoms with Crippen molar-refractivity contribution < 1.29 is 4.74 Å². The van der Waals surface area contributed by atoms with Gasteiger partial charge in [-0.1, -0.05) is 24.1 Å². The predicted octanol–water partition coefficient (Wildman–Crippen LogP) is 6.68. The Morgan fingerprint density at radius 1 is 1.17 bits per heavy atom. The van der Waals surface area contributed by atoms with Crippen LogP contribution in [0.15, 0.2) is 63.3 Å². The Labute approximate surface area is 180 Å². The van der Waals surface area contributed by atoms with Gasteiger partial charge in [-0.25, -0.2) is 0 Å². The molecule has 1 fully saturated rings. The lowest BCUT2D eigenvalue weighted by atomic mass is 9.94. The van der Waals surface area contributed by atoms with Crippen molar-refractivity contribution in [1.29, 1.82) is 0 Å². The number of benzene rings is 2. The van der Waals surface area contributed by atoms with Gasteiger partial charge in [0.1, 0.15) is 18.9 Å². The molecule has 1 aromatic heterocycles. The molecule has 150 valence electrons. The van der Waals surface area contributed by atoms with E-state index in [1.165, 1.54) is 39.6 Å². The molecule has 1 saturated carbocycles. The Morgan fingerprint density at radius 2 is 2.03 bits per heavy atom. The van der Waals surface area contributed by atoms with Gasteiger partial charge in [0.25, 0.3) is 0 Å². The summed E-state index contributed by atoms with van der Waals surface area (Å²) >= 11 is 1.85. The molecule has 5 rings (SSSR count). The molecule has 1 atom stereocenters. The lowest BCUT2D eigenvalue weighted by Crippen LogP contribution is -2.07. The number of fused-ring (bicyclic) bond motifs is 1. The fourth-order valence-electron chi connectivity index (χ4n) is 3.87. The highest BCUT2D eigenvalue weighted by Gasteiger charge is 2.26. The van der Waals surface area contributed by atoms with Crippen molar-refractivity contribution in [2.24, 2.45) is 15.4 Å². The van der Waals surface area contributed by atoms with Crippen molar-refractivity contribution >= 4 is 27.1 Å². The van der Waals surface area contributed by atoms with E-state index in [1.54, 1.807) is 0 Å². The van der Waals surface area contributed by atoms with Gasteiger partial charge in [-0.05, 0) is 82.6 Å². The van der Waals surface area contributed by atoms with E-state index < -0.39 is 0 Å². The Balaban J connectivity index is 1.26. The zero-order chi connectivity index (χ0) is 20.3. The van der Waals surface area contributed by atoms with Gasteiger partial charge < -0.3 is 4.74 Å². The average Bonchev–Trinajstić information content (AvgIpc) is 3.32.